The van der Waals surface area contributed by atoms with Crippen molar-refractivity contribution >= 4 is 5.97 Å². The molecule has 0 saturated carbocycles. The summed E-state index contributed by atoms with van der Waals surface area (Å²) in [6.07, 6.45) is 3.49. The van der Waals surface area contributed by atoms with Crippen LogP contribution in [0.15, 0.2) is 23.8 Å². The van der Waals surface area contributed by atoms with Crippen molar-refractivity contribution in [3.05, 3.63) is 23.8 Å². The molecule has 142 valence electrons. The molecule has 0 aromatic rings. The fraction of sp³-hybridized carbons (Fsp3) is 0.750. The van der Waals surface area contributed by atoms with Crippen LogP contribution in [0.2, 0.25) is 0 Å². The first-order valence-corrected chi connectivity index (χ1v) is 9.27. The Hall–Kier alpha value is -1.17. The molecule has 0 aromatic carbocycles. The standard InChI is InChI=1S/C20H32O5/c1-12-7-5-9-13(2)17(21)18(22)15-11-16(25-19(23)14(15)3)20(4,24)10-6-8-12/h8,13,15-18,21-22,24H,3,5-7,9-11H2,1-2,4H3. The van der Waals surface area contributed by atoms with Crippen LogP contribution >= 0.6 is 0 Å². The number of aliphatic hydroxyl groups is 3. The Labute approximate surface area is 150 Å². The Bertz CT molecular complexity index is 536. The van der Waals surface area contributed by atoms with E-state index < -0.39 is 35.8 Å². The number of carbonyl (C=O) groups is 1. The minimum atomic E-state index is -1.19. The quantitative estimate of drug-likeness (QED) is 0.354. The third kappa shape index (κ3) is 4.72. The van der Waals surface area contributed by atoms with Gasteiger partial charge < -0.3 is 20.1 Å². The summed E-state index contributed by atoms with van der Waals surface area (Å²) in [5.74, 6) is -1.29. The number of hydrogen-bond acceptors (Lipinski definition) is 5. The Morgan fingerprint density at radius 1 is 1.32 bits per heavy atom. The maximum absolute atomic E-state index is 12.2. The van der Waals surface area contributed by atoms with E-state index in [9.17, 15) is 20.1 Å². The number of esters is 1. The van der Waals surface area contributed by atoms with E-state index in [2.05, 4.69) is 19.6 Å². The van der Waals surface area contributed by atoms with Crippen LogP contribution in [-0.2, 0) is 9.53 Å². The van der Waals surface area contributed by atoms with E-state index in [1.165, 1.54) is 5.57 Å². The normalized spacial score (nSPS) is 41.5. The van der Waals surface area contributed by atoms with Gasteiger partial charge in [-0.1, -0.05) is 25.2 Å². The fourth-order valence-electron chi connectivity index (χ4n) is 3.83. The van der Waals surface area contributed by atoms with Crippen molar-refractivity contribution in [1.82, 2.24) is 0 Å². The van der Waals surface area contributed by atoms with Crippen LogP contribution in [0.1, 0.15) is 59.3 Å². The summed E-state index contributed by atoms with van der Waals surface area (Å²) in [7, 11) is 0. The van der Waals surface area contributed by atoms with Crippen LogP contribution in [0.3, 0.4) is 0 Å². The maximum atomic E-state index is 12.2. The summed E-state index contributed by atoms with van der Waals surface area (Å²) in [4.78, 5) is 12.2. The fourth-order valence-corrected chi connectivity index (χ4v) is 3.83. The monoisotopic (exact) mass is 352 g/mol. The van der Waals surface area contributed by atoms with Crippen molar-refractivity contribution in [2.75, 3.05) is 0 Å². The van der Waals surface area contributed by atoms with Crippen LogP contribution < -0.4 is 0 Å². The highest BCUT2D eigenvalue weighted by Crippen LogP contribution is 2.37. The summed E-state index contributed by atoms with van der Waals surface area (Å²) < 4.78 is 5.38. The second-order valence-corrected chi connectivity index (χ2v) is 8.06. The van der Waals surface area contributed by atoms with E-state index in [1.54, 1.807) is 6.92 Å². The van der Waals surface area contributed by atoms with E-state index in [1.807, 2.05) is 6.92 Å². The number of allylic oxidation sites excluding steroid dienone is 2. The van der Waals surface area contributed by atoms with E-state index >= 15 is 0 Å². The lowest BCUT2D eigenvalue weighted by molar-refractivity contribution is -0.173. The van der Waals surface area contributed by atoms with Crippen LogP contribution in [0, 0.1) is 11.8 Å². The Balaban J connectivity index is 2.30. The molecule has 0 spiro atoms. The molecule has 2 rings (SSSR count). The molecule has 6 atom stereocenters. The zero-order valence-electron chi connectivity index (χ0n) is 15.6. The molecular formula is C20H32O5. The molecule has 5 nitrogen and oxygen atoms in total. The Morgan fingerprint density at radius 2 is 2.00 bits per heavy atom. The lowest BCUT2D eigenvalue weighted by atomic mass is 9.76. The van der Waals surface area contributed by atoms with Crippen molar-refractivity contribution < 1.29 is 24.9 Å². The molecule has 5 heteroatoms. The molecule has 1 heterocycles. The third-order valence-corrected chi connectivity index (χ3v) is 5.84. The molecule has 0 aromatic heterocycles. The highest BCUT2D eigenvalue weighted by Gasteiger charge is 2.45. The van der Waals surface area contributed by atoms with Gasteiger partial charge in [-0.2, -0.15) is 0 Å². The van der Waals surface area contributed by atoms with Gasteiger partial charge in [-0.3, -0.25) is 0 Å². The summed E-state index contributed by atoms with van der Waals surface area (Å²) in [6, 6.07) is 0. The Kier molecular flexibility index (Phi) is 6.46. The van der Waals surface area contributed by atoms with Gasteiger partial charge in [0, 0.05) is 11.5 Å². The molecule has 1 fully saturated rings. The number of rotatable bonds is 0. The smallest absolute Gasteiger partial charge is 0.334 e. The van der Waals surface area contributed by atoms with Crippen molar-refractivity contribution in [3.8, 4) is 0 Å². The van der Waals surface area contributed by atoms with Gasteiger partial charge in [0.1, 0.15) is 6.10 Å². The molecule has 3 N–H and O–H groups in total. The predicted molar refractivity (Wildman–Crippen MR) is 95.8 cm³/mol. The van der Waals surface area contributed by atoms with Gasteiger partial charge in [-0.25, -0.2) is 4.79 Å². The zero-order valence-corrected chi connectivity index (χ0v) is 15.6. The van der Waals surface area contributed by atoms with E-state index in [0.29, 0.717) is 12.8 Å². The highest BCUT2D eigenvalue weighted by atomic mass is 16.6. The summed E-state index contributed by atoms with van der Waals surface area (Å²) in [5, 5.41) is 32.0. The molecule has 2 bridgehead atoms. The second-order valence-electron chi connectivity index (χ2n) is 8.06. The van der Waals surface area contributed by atoms with Crippen LogP contribution in [0.5, 0.6) is 0 Å². The molecule has 1 aliphatic carbocycles. The van der Waals surface area contributed by atoms with Crippen molar-refractivity contribution in [2.24, 2.45) is 11.8 Å². The van der Waals surface area contributed by atoms with E-state index in [-0.39, 0.29) is 17.9 Å². The lowest BCUT2D eigenvalue weighted by Crippen LogP contribution is -2.51. The summed E-state index contributed by atoms with van der Waals surface area (Å²) in [6.45, 7) is 9.39. The number of ether oxygens (including phenoxy) is 1. The first-order chi connectivity index (χ1) is 11.6. The van der Waals surface area contributed by atoms with Crippen LogP contribution in [0.25, 0.3) is 0 Å². The SMILES string of the molecule is C=C1C(=O)OC2CC1C(O)C(O)C(C)CCCC(C)=CCCC2(C)O. The van der Waals surface area contributed by atoms with Gasteiger partial charge >= 0.3 is 5.97 Å². The number of fused-ring (bicyclic) bond motifs is 2. The lowest BCUT2D eigenvalue weighted by Gasteiger charge is -2.41. The average molecular weight is 352 g/mol. The van der Waals surface area contributed by atoms with Gasteiger partial charge in [0.05, 0.1) is 17.8 Å². The number of aliphatic hydroxyl groups excluding tert-OH is 2. The second kappa shape index (κ2) is 8.02. The summed E-state index contributed by atoms with van der Waals surface area (Å²) >= 11 is 0. The first-order valence-electron chi connectivity index (χ1n) is 9.27. The first kappa shape index (κ1) is 20.1. The van der Waals surface area contributed by atoms with E-state index in [0.717, 1.165) is 19.3 Å². The largest absolute Gasteiger partial charge is 0.456 e. The molecule has 6 unspecified atom stereocenters. The number of hydrogen-bond donors (Lipinski definition) is 3. The highest BCUT2D eigenvalue weighted by molar-refractivity contribution is 5.89. The van der Waals surface area contributed by atoms with Gasteiger partial charge in [0.15, 0.2) is 0 Å². The summed E-state index contributed by atoms with van der Waals surface area (Å²) in [5.41, 5.74) is 0.238. The molecule has 1 saturated heterocycles. The van der Waals surface area contributed by atoms with Gasteiger partial charge in [-0.05, 0) is 58.3 Å². The molecule has 2 aliphatic rings. The van der Waals surface area contributed by atoms with Crippen molar-refractivity contribution in [2.45, 2.75) is 83.2 Å². The number of carbonyl (C=O) groups excluding carboxylic acids is 1. The predicted octanol–water partition coefficient (Wildman–Crippen LogP) is 2.49. The third-order valence-electron chi connectivity index (χ3n) is 5.84. The van der Waals surface area contributed by atoms with Crippen LogP contribution in [-0.4, -0.2) is 45.2 Å². The van der Waals surface area contributed by atoms with Gasteiger partial charge in [-0.15, -0.1) is 0 Å². The zero-order chi connectivity index (χ0) is 18.8. The molecular weight excluding hydrogens is 320 g/mol. The topological polar surface area (TPSA) is 87.0 Å². The molecule has 25 heavy (non-hydrogen) atoms. The average Bonchev–Trinajstić information content (AvgIpc) is 2.54. The molecule has 0 amide bonds. The van der Waals surface area contributed by atoms with Gasteiger partial charge in [0.25, 0.3) is 0 Å². The minimum absolute atomic E-state index is 0.0875. The molecule has 0 radical (unpaired) electrons. The Morgan fingerprint density at radius 3 is 2.68 bits per heavy atom. The van der Waals surface area contributed by atoms with Crippen molar-refractivity contribution in [1.29, 1.82) is 0 Å². The molecule has 1 aliphatic heterocycles. The maximum Gasteiger partial charge on any atom is 0.334 e. The van der Waals surface area contributed by atoms with Crippen LogP contribution in [0.4, 0.5) is 0 Å². The van der Waals surface area contributed by atoms with Gasteiger partial charge in [0.2, 0.25) is 0 Å². The van der Waals surface area contributed by atoms with Crippen molar-refractivity contribution in [3.63, 3.8) is 0 Å². The van der Waals surface area contributed by atoms with E-state index in [4.69, 9.17) is 4.74 Å². The minimum Gasteiger partial charge on any atom is -0.456 e.